The molecule has 0 spiro atoms. The van der Waals surface area contributed by atoms with Crippen molar-refractivity contribution in [2.24, 2.45) is 11.3 Å². The largest absolute Gasteiger partial charge is 0.443 e. The van der Waals surface area contributed by atoms with E-state index in [4.69, 9.17) is 9.47 Å². The van der Waals surface area contributed by atoms with E-state index in [1.807, 2.05) is 81.4 Å². The average molecular weight is 787 g/mol. The monoisotopic (exact) mass is 786 g/mol. The summed E-state index contributed by atoms with van der Waals surface area (Å²) >= 11 is 0. The van der Waals surface area contributed by atoms with E-state index in [2.05, 4.69) is 48.5 Å². The van der Waals surface area contributed by atoms with Crippen LogP contribution >= 0.6 is 0 Å². The normalized spacial score (nSPS) is 18.4. The summed E-state index contributed by atoms with van der Waals surface area (Å²) in [6.07, 6.45) is 1.30. The fourth-order valence-corrected chi connectivity index (χ4v) is 7.26. The molecule has 2 aliphatic heterocycles. The average Bonchev–Trinajstić information content (AvgIpc) is 3.68. The summed E-state index contributed by atoms with van der Waals surface area (Å²) in [4.78, 5) is 66.0. The first-order valence-electron chi connectivity index (χ1n) is 20.1. The summed E-state index contributed by atoms with van der Waals surface area (Å²) in [5.74, 6) is -1.57. The second-order valence-corrected chi connectivity index (χ2v) is 18.2. The third-order valence-electron chi connectivity index (χ3n) is 10.0. The highest BCUT2D eigenvalue weighted by atomic mass is 16.6. The highest BCUT2D eigenvalue weighted by Gasteiger charge is 2.49. The Hall–Kier alpha value is -5.57. The maximum Gasteiger partial charge on any atom is 0.417 e. The standard InChI is InChI=1S/C27H33NO4.C22H25NO3/c1-26(2,3)23(29)22-17-21(28(24(22)30)25(31)32-27(4,5)6)16-18-12-14-20(15-13-18)19-10-8-7-9-11-19;1-22(2,3)26-21(25)23-19(13-14-20(23)24)15-16-9-11-18(12-10-16)17-7-5-4-6-8-17/h7-15,21-22H,16-17H2,1-6H3;4-12,19H,13-15H2,1-3H3/t21-,22?;19-/m10/s1. The van der Waals surface area contributed by atoms with Crippen LogP contribution in [-0.4, -0.2) is 62.9 Å². The van der Waals surface area contributed by atoms with E-state index in [9.17, 15) is 24.0 Å². The lowest BCUT2D eigenvalue weighted by Gasteiger charge is -2.27. The van der Waals surface area contributed by atoms with Crippen LogP contribution in [-0.2, 0) is 36.7 Å². The summed E-state index contributed by atoms with van der Waals surface area (Å²) in [7, 11) is 0. The second kappa shape index (κ2) is 17.9. The van der Waals surface area contributed by atoms with Crippen LogP contribution in [0.4, 0.5) is 9.59 Å². The molecule has 0 aromatic heterocycles. The number of imide groups is 2. The molecule has 2 heterocycles. The molecule has 2 saturated heterocycles. The third kappa shape index (κ3) is 11.5. The predicted molar refractivity (Wildman–Crippen MR) is 227 cm³/mol. The number of likely N-dealkylation sites (tertiary alicyclic amines) is 2. The topological polar surface area (TPSA) is 110 Å². The van der Waals surface area contributed by atoms with Gasteiger partial charge >= 0.3 is 12.2 Å². The van der Waals surface area contributed by atoms with Gasteiger partial charge in [0.2, 0.25) is 11.8 Å². The first kappa shape index (κ1) is 43.6. The summed E-state index contributed by atoms with van der Waals surface area (Å²) in [5, 5.41) is 0. The quantitative estimate of drug-likeness (QED) is 0.172. The van der Waals surface area contributed by atoms with E-state index in [1.54, 1.807) is 41.5 Å². The van der Waals surface area contributed by atoms with Gasteiger partial charge in [-0.3, -0.25) is 14.4 Å². The zero-order chi connectivity index (χ0) is 42.4. The number of ether oxygens (including phenoxy) is 2. The first-order chi connectivity index (χ1) is 27.2. The molecule has 306 valence electrons. The number of hydrogen-bond donors (Lipinski definition) is 0. The Morgan fingerprint density at radius 3 is 1.36 bits per heavy atom. The van der Waals surface area contributed by atoms with Crippen molar-refractivity contribution < 1.29 is 33.4 Å². The van der Waals surface area contributed by atoms with Crippen molar-refractivity contribution in [3.05, 3.63) is 120 Å². The van der Waals surface area contributed by atoms with E-state index in [-0.39, 0.29) is 17.7 Å². The molecule has 0 aliphatic carbocycles. The highest BCUT2D eigenvalue weighted by molar-refractivity contribution is 6.09. The Bertz CT molecular complexity index is 2060. The molecule has 2 aliphatic rings. The molecule has 9 nitrogen and oxygen atoms in total. The number of carbonyl (C=O) groups excluding carboxylic acids is 5. The minimum absolute atomic E-state index is 0.139. The van der Waals surface area contributed by atoms with Gasteiger partial charge in [-0.1, -0.05) is 130 Å². The van der Waals surface area contributed by atoms with Gasteiger partial charge < -0.3 is 9.47 Å². The molecule has 1 unspecified atom stereocenters. The lowest BCUT2D eigenvalue weighted by Crippen LogP contribution is -2.44. The van der Waals surface area contributed by atoms with Crippen molar-refractivity contribution >= 4 is 29.8 Å². The molecule has 0 saturated carbocycles. The van der Waals surface area contributed by atoms with E-state index >= 15 is 0 Å². The summed E-state index contributed by atoms with van der Waals surface area (Å²) < 4.78 is 10.9. The van der Waals surface area contributed by atoms with Crippen molar-refractivity contribution in [2.75, 3.05) is 0 Å². The Morgan fingerprint density at radius 1 is 0.552 bits per heavy atom. The molecule has 0 radical (unpaired) electrons. The highest BCUT2D eigenvalue weighted by Crippen LogP contribution is 2.35. The molecule has 2 fully saturated rings. The molecule has 58 heavy (non-hydrogen) atoms. The molecular formula is C49H58N2O7. The Morgan fingerprint density at radius 2 is 0.948 bits per heavy atom. The number of nitrogens with zero attached hydrogens (tertiary/aromatic N) is 2. The van der Waals surface area contributed by atoms with Crippen molar-refractivity contribution in [1.29, 1.82) is 0 Å². The van der Waals surface area contributed by atoms with Crippen LogP contribution in [0.15, 0.2) is 109 Å². The number of rotatable bonds is 7. The van der Waals surface area contributed by atoms with Gasteiger partial charge in [0.15, 0.2) is 5.78 Å². The maximum atomic E-state index is 13.2. The molecule has 0 N–H and O–H groups in total. The van der Waals surface area contributed by atoms with E-state index in [1.165, 1.54) is 15.4 Å². The fourth-order valence-electron chi connectivity index (χ4n) is 7.26. The maximum absolute atomic E-state index is 13.2. The Balaban J connectivity index is 0.000000226. The summed E-state index contributed by atoms with van der Waals surface area (Å²) in [5.41, 5.74) is 4.66. The molecule has 4 amide bonds. The zero-order valence-electron chi connectivity index (χ0n) is 35.4. The van der Waals surface area contributed by atoms with Gasteiger partial charge in [-0.05, 0) is 101 Å². The van der Waals surface area contributed by atoms with Gasteiger partial charge in [0.1, 0.15) is 11.2 Å². The number of hydrogen-bond acceptors (Lipinski definition) is 7. The van der Waals surface area contributed by atoms with Gasteiger partial charge in [-0.25, -0.2) is 19.4 Å². The third-order valence-corrected chi connectivity index (χ3v) is 10.0. The van der Waals surface area contributed by atoms with Crippen LogP contribution in [0.1, 0.15) is 92.7 Å². The van der Waals surface area contributed by atoms with E-state index < -0.39 is 46.7 Å². The summed E-state index contributed by atoms with van der Waals surface area (Å²) in [6, 6.07) is 36.1. The van der Waals surface area contributed by atoms with Crippen molar-refractivity contribution in [2.45, 2.75) is 118 Å². The predicted octanol–water partition coefficient (Wildman–Crippen LogP) is 10.5. The van der Waals surface area contributed by atoms with Crippen LogP contribution in [0.3, 0.4) is 0 Å². The van der Waals surface area contributed by atoms with Gasteiger partial charge in [0, 0.05) is 23.9 Å². The number of carbonyl (C=O) groups is 5. The van der Waals surface area contributed by atoms with Crippen molar-refractivity contribution in [3.63, 3.8) is 0 Å². The molecule has 3 atom stereocenters. The van der Waals surface area contributed by atoms with Crippen LogP contribution in [0.25, 0.3) is 22.3 Å². The SMILES string of the molecule is CC(C)(C)OC(=O)N1C(=O)C(C(=O)C(C)(C)C)C[C@H]1Cc1ccc(-c2ccccc2)cc1.CC(C)(C)OC(=O)N1C(=O)CC[C@H]1Cc1ccc(-c2ccccc2)cc1. The van der Waals surface area contributed by atoms with Gasteiger partial charge in [0.05, 0.1) is 5.92 Å². The van der Waals surface area contributed by atoms with Crippen LogP contribution in [0, 0.1) is 11.3 Å². The number of ketones is 1. The van der Waals surface area contributed by atoms with Crippen LogP contribution in [0.2, 0.25) is 0 Å². The molecule has 4 aromatic rings. The van der Waals surface area contributed by atoms with E-state index in [0.29, 0.717) is 32.1 Å². The molecular weight excluding hydrogens is 729 g/mol. The van der Waals surface area contributed by atoms with Gasteiger partial charge in [-0.15, -0.1) is 0 Å². The van der Waals surface area contributed by atoms with Gasteiger partial charge in [0.25, 0.3) is 0 Å². The lowest BCUT2D eigenvalue weighted by atomic mass is 9.81. The Kier molecular flexibility index (Phi) is 13.5. The first-order valence-corrected chi connectivity index (χ1v) is 20.1. The fraction of sp³-hybridized carbons (Fsp3) is 0.408. The molecule has 0 bridgehead atoms. The second-order valence-electron chi connectivity index (χ2n) is 18.2. The van der Waals surface area contributed by atoms with E-state index in [0.717, 1.165) is 27.8 Å². The smallest absolute Gasteiger partial charge is 0.417 e. The summed E-state index contributed by atoms with van der Waals surface area (Å²) in [6.45, 7) is 16.1. The van der Waals surface area contributed by atoms with Crippen LogP contribution < -0.4 is 0 Å². The number of Topliss-reactive ketones (excluding diaryl/α,β-unsaturated/α-hetero) is 1. The minimum atomic E-state index is -0.823. The van der Waals surface area contributed by atoms with Gasteiger partial charge in [-0.2, -0.15) is 0 Å². The van der Waals surface area contributed by atoms with Crippen molar-refractivity contribution in [3.8, 4) is 22.3 Å². The van der Waals surface area contributed by atoms with Crippen LogP contribution in [0.5, 0.6) is 0 Å². The lowest BCUT2D eigenvalue weighted by molar-refractivity contribution is -0.140. The molecule has 4 aromatic carbocycles. The van der Waals surface area contributed by atoms with Crippen molar-refractivity contribution in [1.82, 2.24) is 9.80 Å². The number of benzene rings is 4. The molecule has 9 heteroatoms. The number of amides is 4. The Labute approximate surface area is 343 Å². The molecule has 6 rings (SSSR count). The minimum Gasteiger partial charge on any atom is -0.443 e. The zero-order valence-corrected chi connectivity index (χ0v) is 35.4.